The second-order valence-electron chi connectivity index (χ2n) is 7.06. The quantitative estimate of drug-likeness (QED) is 0.657. The summed E-state index contributed by atoms with van der Waals surface area (Å²) in [7, 11) is 0. The molecular weight excluding hydrogens is 423 g/mol. The van der Waals surface area contributed by atoms with Crippen molar-refractivity contribution in [2.24, 2.45) is 5.92 Å². The zero-order valence-corrected chi connectivity index (χ0v) is 17.3. The van der Waals surface area contributed by atoms with Crippen LogP contribution in [0.15, 0.2) is 30.3 Å². The third-order valence-corrected chi connectivity index (χ3v) is 5.07. The number of thiocarbonyl (C=S) groups is 1. The average Bonchev–Trinajstić information content (AvgIpc) is 2.66. The number of halogens is 4. The van der Waals surface area contributed by atoms with Crippen molar-refractivity contribution in [1.29, 1.82) is 0 Å². The highest BCUT2D eigenvalue weighted by molar-refractivity contribution is 7.80. The van der Waals surface area contributed by atoms with Crippen LogP contribution in [0.1, 0.15) is 31.0 Å². The largest absolute Gasteiger partial charge is 0.433 e. The number of hydrogen-bond donors (Lipinski definition) is 2. The molecule has 0 amide bonds. The number of hydrogen-bond acceptors (Lipinski definition) is 4. The number of anilines is 2. The number of piperidine rings is 1. The lowest BCUT2D eigenvalue weighted by atomic mass is 10.0. The van der Waals surface area contributed by atoms with Gasteiger partial charge in [0.2, 0.25) is 5.95 Å². The lowest BCUT2D eigenvalue weighted by Crippen LogP contribution is -2.35. The van der Waals surface area contributed by atoms with Gasteiger partial charge in [0.15, 0.2) is 10.8 Å². The molecule has 10 heteroatoms. The zero-order chi connectivity index (χ0) is 21.0. The smallest absolute Gasteiger partial charge is 0.358 e. The number of alkyl halides is 3. The van der Waals surface area contributed by atoms with Crippen molar-refractivity contribution in [1.82, 2.24) is 15.3 Å². The average molecular weight is 444 g/mol. The molecule has 1 aromatic carbocycles. The minimum atomic E-state index is -4.58. The van der Waals surface area contributed by atoms with Crippen LogP contribution >= 0.6 is 23.8 Å². The summed E-state index contributed by atoms with van der Waals surface area (Å²) >= 11 is 11.0. The van der Waals surface area contributed by atoms with Crippen LogP contribution in [0.25, 0.3) is 0 Å². The Labute approximate surface area is 177 Å². The summed E-state index contributed by atoms with van der Waals surface area (Å²) in [6.07, 6.45) is -2.61. The van der Waals surface area contributed by atoms with E-state index in [0.717, 1.165) is 24.5 Å². The summed E-state index contributed by atoms with van der Waals surface area (Å²) in [6.45, 7) is 3.79. The Kier molecular flexibility index (Phi) is 6.79. The van der Waals surface area contributed by atoms with Gasteiger partial charge in [-0.15, -0.1) is 0 Å². The van der Waals surface area contributed by atoms with Crippen LogP contribution in [0.4, 0.5) is 24.9 Å². The predicted molar refractivity (Wildman–Crippen MR) is 112 cm³/mol. The Morgan fingerprint density at radius 2 is 2.00 bits per heavy atom. The Morgan fingerprint density at radius 1 is 1.28 bits per heavy atom. The van der Waals surface area contributed by atoms with E-state index in [0.29, 0.717) is 30.6 Å². The van der Waals surface area contributed by atoms with E-state index in [1.54, 1.807) is 12.1 Å². The van der Waals surface area contributed by atoms with Gasteiger partial charge in [-0.2, -0.15) is 18.2 Å². The molecule has 2 N–H and O–H groups in total. The van der Waals surface area contributed by atoms with Crippen LogP contribution in [0, 0.1) is 5.92 Å². The van der Waals surface area contributed by atoms with Crippen molar-refractivity contribution in [3.8, 4) is 0 Å². The number of benzene rings is 1. The van der Waals surface area contributed by atoms with Crippen molar-refractivity contribution >= 4 is 40.7 Å². The summed E-state index contributed by atoms with van der Waals surface area (Å²) in [4.78, 5) is 9.74. The van der Waals surface area contributed by atoms with Gasteiger partial charge in [-0.05, 0) is 48.7 Å². The van der Waals surface area contributed by atoms with Gasteiger partial charge >= 0.3 is 6.18 Å². The second kappa shape index (κ2) is 9.13. The molecule has 156 valence electrons. The molecule has 1 unspecified atom stereocenters. The first-order valence-electron chi connectivity index (χ1n) is 9.21. The minimum absolute atomic E-state index is 0.136. The van der Waals surface area contributed by atoms with Gasteiger partial charge < -0.3 is 15.5 Å². The molecule has 29 heavy (non-hydrogen) atoms. The van der Waals surface area contributed by atoms with Gasteiger partial charge in [-0.3, -0.25) is 0 Å². The van der Waals surface area contributed by atoms with Crippen LogP contribution in [0.2, 0.25) is 5.02 Å². The first-order valence-corrected chi connectivity index (χ1v) is 10.00. The number of rotatable bonds is 4. The molecule has 0 spiro atoms. The van der Waals surface area contributed by atoms with Gasteiger partial charge in [0.05, 0.1) is 0 Å². The standard InChI is InChI=1S/C19H21ClF3N5S/c1-12-3-2-8-28(11-12)16-9-15(19(21,22)23)25-17(26-16)27-18(29)24-10-13-4-6-14(20)7-5-13/h4-7,9,12H,2-3,8,10-11H2,1H3,(H2,24,25,26,27,29). The molecule has 2 aromatic rings. The van der Waals surface area contributed by atoms with Gasteiger partial charge in [0, 0.05) is 30.7 Å². The molecule has 0 bridgehead atoms. The third-order valence-electron chi connectivity index (χ3n) is 4.58. The van der Waals surface area contributed by atoms with E-state index in [4.69, 9.17) is 23.8 Å². The van der Waals surface area contributed by atoms with Crippen LogP contribution in [0.5, 0.6) is 0 Å². The number of nitrogens with zero attached hydrogens (tertiary/aromatic N) is 3. The summed E-state index contributed by atoms with van der Waals surface area (Å²) < 4.78 is 40.0. The molecule has 1 aliphatic heterocycles. The summed E-state index contributed by atoms with van der Waals surface area (Å²) in [5.74, 6) is 0.468. The van der Waals surface area contributed by atoms with Gasteiger partial charge in [-0.1, -0.05) is 30.7 Å². The molecule has 0 saturated carbocycles. The fourth-order valence-electron chi connectivity index (χ4n) is 3.13. The van der Waals surface area contributed by atoms with E-state index in [1.165, 1.54) is 0 Å². The van der Waals surface area contributed by atoms with Crippen LogP contribution in [-0.4, -0.2) is 28.2 Å². The monoisotopic (exact) mass is 443 g/mol. The van der Waals surface area contributed by atoms with E-state index < -0.39 is 11.9 Å². The van der Waals surface area contributed by atoms with E-state index in [1.807, 2.05) is 17.0 Å². The molecule has 1 fully saturated rings. The van der Waals surface area contributed by atoms with Crippen molar-refractivity contribution in [3.05, 3.63) is 46.6 Å². The maximum absolute atomic E-state index is 13.3. The van der Waals surface area contributed by atoms with E-state index in [9.17, 15) is 13.2 Å². The van der Waals surface area contributed by atoms with Crippen LogP contribution in [-0.2, 0) is 12.7 Å². The maximum atomic E-state index is 13.3. The Morgan fingerprint density at radius 3 is 2.66 bits per heavy atom. The topological polar surface area (TPSA) is 53.1 Å². The first kappa shape index (κ1) is 21.6. The lowest BCUT2D eigenvalue weighted by Gasteiger charge is -2.32. The Bertz CT molecular complexity index is 860. The molecule has 5 nitrogen and oxygen atoms in total. The highest BCUT2D eigenvalue weighted by atomic mass is 35.5. The predicted octanol–water partition coefficient (Wildman–Crippen LogP) is 4.87. The van der Waals surface area contributed by atoms with Crippen LogP contribution < -0.4 is 15.5 Å². The van der Waals surface area contributed by atoms with Gasteiger partial charge in [0.1, 0.15) is 5.82 Å². The van der Waals surface area contributed by atoms with E-state index >= 15 is 0 Å². The summed E-state index contributed by atoms with van der Waals surface area (Å²) in [5.41, 5.74) is -0.0739. The molecule has 1 aliphatic rings. The fraction of sp³-hybridized carbons (Fsp3) is 0.421. The summed E-state index contributed by atoms with van der Waals surface area (Å²) in [5, 5.41) is 6.36. The van der Waals surface area contributed by atoms with E-state index in [-0.39, 0.29) is 16.9 Å². The lowest BCUT2D eigenvalue weighted by molar-refractivity contribution is -0.141. The number of nitrogens with one attached hydrogen (secondary N) is 2. The molecule has 2 heterocycles. The molecule has 3 rings (SSSR count). The summed E-state index contributed by atoms with van der Waals surface area (Å²) in [6, 6.07) is 8.14. The molecular formula is C19H21ClF3N5S. The highest BCUT2D eigenvalue weighted by Gasteiger charge is 2.34. The van der Waals surface area contributed by atoms with Crippen molar-refractivity contribution < 1.29 is 13.2 Å². The SMILES string of the molecule is CC1CCCN(c2cc(C(F)(F)F)nc(NC(=S)NCc3ccc(Cl)cc3)n2)C1. The zero-order valence-electron chi connectivity index (χ0n) is 15.8. The normalized spacial score (nSPS) is 17.1. The van der Waals surface area contributed by atoms with Crippen molar-refractivity contribution in [3.63, 3.8) is 0 Å². The van der Waals surface area contributed by atoms with E-state index in [2.05, 4.69) is 27.5 Å². The first-order chi connectivity index (χ1) is 13.7. The Balaban J connectivity index is 1.73. The Hall–Kier alpha value is -2.13. The van der Waals surface area contributed by atoms with Crippen molar-refractivity contribution in [2.75, 3.05) is 23.3 Å². The highest BCUT2D eigenvalue weighted by Crippen LogP contribution is 2.31. The fourth-order valence-corrected chi connectivity index (χ4v) is 3.41. The third kappa shape index (κ3) is 6.17. The number of aromatic nitrogens is 2. The molecule has 0 radical (unpaired) electrons. The molecule has 1 atom stereocenters. The van der Waals surface area contributed by atoms with Gasteiger partial charge in [-0.25, -0.2) is 4.98 Å². The second-order valence-corrected chi connectivity index (χ2v) is 7.90. The van der Waals surface area contributed by atoms with Gasteiger partial charge in [0.25, 0.3) is 0 Å². The minimum Gasteiger partial charge on any atom is -0.358 e. The molecule has 1 saturated heterocycles. The van der Waals surface area contributed by atoms with Crippen molar-refractivity contribution in [2.45, 2.75) is 32.5 Å². The molecule has 0 aliphatic carbocycles. The molecule has 1 aromatic heterocycles. The van der Waals surface area contributed by atoms with Crippen LogP contribution in [0.3, 0.4) is 0 Å². The maximum Gasteiger partial charge on any atom is 0.433 e.